The molecule has 3 saturated heterocycles. The number of H-pyrrole nitrogens is 1. The molecule has 4 atom stereocenters. The Balaban J connectivity index is 0.790. The molecular formula is C54H62N8O9S. The second-order valence-electron chi connectivity index (χ2n) is 21.9. The third-order valence-electron chi connectivity index (χ3n) is 17.6. The van der Waals surface area contributed by atoms with Crippen molar-refractivity contribution in [2.75, 3.05) is 54.6 Å². The Bertz CT molecular complexity index is 3050. The molecule has 72 heavy (non-hydrogen) atoms. The molecule has 1 amide bonds. The number of nitro groups is 1. The number of carbonyl (C=O) groups is 1. The maximum atomic E-state index is 14.8. The van der Waals surface area contributed by atoms with Crippen LogP contribution in [-0.4, -0.2) is 109 Å². The van der Waals surface area contributed by atoms with E-state index in [0.717, 1.165) is 68.4 Å². The topological polar surface area (TPSA) is 205 Å². The third kappa shape index (κ3) is 8.22. The Labute approximate surface area is 418 Å². The first-order chi connectivity index (χ1) is 35.0. The van der Waals surface area contributed by atoms with Crippen LogP contribution in [0, 0.1) is 21.4 Å². The van der Waals surface area contributed by atoms with Crippen LogP contribution in [0.1, 0.15) is 117 Å². The lowest BCUT2D eigenvalue weighted by molar-refractivity contribution is -0.384. The second-order valence-corrected chi connectivity index (χ2v) is 23.6. The lowest BCUT2D eigenvalue weighted by Crippen LogP contribution is -2.55. The number of likely N-dealkylation sites (tertiary alicyclic amines) is 1. The molecular weight excluding hydrogens is 937 g/mol. The van der Waals surface area contributed by atoms with E-state index in [4.69, 9.17) is 19.2 Å². The predicted octanol–water partition coefficient (Wildman–Crippen LogP) is 8.47. The number of aromatic amines is 1. The number of hydrogen-bond donors (Lipinski definition) is 4. The SMILES string of the molecule is O=C(NS(=O)(=O)c1cc2c(c([N+](=O)[O-])c1)N[C@H](C1CCC(O)CC1)CO2)c1ccc(N2CCC3(CC2)CC(N2CCC[C@H]2c2ccccc2C2CC2)C3)cc1N1c2cc3cc[nH]c3nc2O[C@H]2CCOC[C@H]21. The van der Waals surface area contributed by atoms with Crippen LogP contribution >= 0.6 is 0 Å². The minimum Gasteiger partial charge on any atom is -0.489 e. The van der Waals surface area contributed by atoms with E-state index < -0.39 is 31.4 Å². The third-order valence-corrected chi connectivity index (χ3v) is 18.9. The molecule has 0 bridgehead atoms. The van der Waals surface area contributed by atoms with Crippen LogP contribution in [0.15, 0.2) is 77.8 Å². The zero-order chi connectivity index (χ0) is 48.9. The molecule has 3 saturated carbocycles. The van der Waals surface area contributed by atoms with Crippen molar-refractivity contribution in [1.82, 2.24) is 19.6 Å². The molecule has 5 aliphatic heterocycles. The molecule has 7 heterocycles. The number of aliphatic hydroxyl groups is 1. The Morgan fingerprint density at radius 2 is 1.71 bits per heavy atom. The lowest BCUT2D eigenvalue weighted by atomic mass is 9.59. The highest BCUT2D eigenvalue weighted by molar-refractivity contribution is 7.90. The van der Waals surface area contributed by atoms with Gasteiger partial charge in [-0.05, 0) is 142 Å². The van der Waals surface area contributed by atoms with Crippen molar-refractivity contribution < 1.29 is 37.5 Å². The number of carbonyl (C=O) groups excluding carboxylic acids is 1. The van der Waals surface area contributed by atoms with Gasteiger partial charge in [-0.1, -0.05) is 24.3 Å². The molecule has 17 nitrogen and oxygen atoms in total. The Hall–Kier alpha value is -5.95. The number of aliphatic hydroxyl groups excluding tert-OH is 1. The van der Waals surface area contributed by atoms with Gasteiger partial charge < -0.3 is 39.4 Å². The van der Waals surface area contributed by atoms with Crippen molar-refractivity contribution in [3.05, 3.63) is 99.7 Å². The number of anilines is 4. The lowest BCUT2D eigenvalue weighted by Gasteiger charge is -2.56. The van der Waals surface area contributed by atoms with Crippen LogP contribution in [-0.2, 0) is 14.8 Å². The molecule has 0 radical (unpaired) electrons. The summed E-state index contributed by atoms with van der Waals surface area (Å²) in [5.74, 6) is 0.370. The van der Waals surface area contributed by atoms with Crippen LogP contribution in [0.5, 0.6) is 11.6 Å². The van der Waals surface area contributed by atoms with E-state index >= 15 is 0 Å². The van der Waals surface area contributed by atoms with Crippen molar-refractivity contribution in [1.29, 1.82) is 0 Å². The first-order valence-electron chi connectivity index (χ1n) is 26.2. The van der Waals surface area contributed by atoms with Gasteiger partial charge in [0.05, 0.1) is 52.5 Å². The van der Waals surface area contributed by atoms with E-state index in [2.05, 4.69) is 49.1 Å². The molecule has 1 spiro atoms. The number of benzene rings is 3. The van der Waals surface area contributed by atoms with Crippen molar-refractivity contribution in [3.63, 3.8) is 0 Å². The normalized spacial score (nSPS) is 27.2. The monoisotopic (exact) mass is 998 g/mol. The molecule has 3 aromatic carbocycles. The molecule has 13 rings (SSSR count). The summed E-state index contributed by atoms with van der Waals surface area (Å²) < 4.78 is 49.7. The van der Waals surface area contributed by atoms with Gasteiger partial charge in [0.1, 0.15) is 24.0 Å². The number of hydrogen-bond acceptors (Lipinski definition) is 14. The number of nitrogens with one attached hydrogen (secondary N) is 3. The fourth-order valence-corrected chi connectivity index (χ4v) is 14.5. The number of piperidine rings is 1. The second kappa shape index (κ2) is 17.9. The summed E-state index contributed by atoms with van der Waals surface area (Å²) in [5.41, 5.74) is 5.81. The van der Waals surface area contributed by atoms with Gasteiger partial charge in [-0.2, -0.15) is 4.98 Å². The van der Waals surface area contributed by atoms with Gasteiger partial charge >= 0.3 is 0 Å². The number of pyridine rings is 1. The summed E-state index contributed by atoms with van der Waals surface area (Å²) in [5, 5.41) is 26.7. The molecule has 2 aromatic heterocycles. The molecule has 6 fully saturated rings. The average Bonchev–Trinajstić information content (AvgIpc) is 3.94. The fourth-order valence-electron chi connectivity index (χ4n) is 13.5. The number of sulfonamides is 1. The minimum atomic E-state index is -4.70. The zero-order valence-corrected chi connectivity index (χ0v) is 41.2. The van der Waals surface area contributed by atoms with Crippen molar-refractivity contribution in [2.24, 2.45) is 11.3 Å². The standard InChI is InChI=1S/C54H62N8O9S/c63-37-12-9-33(10-13-37)42-30-70-49-27-38(26-45(62(65)66)50(49)56-42)72(67,68)58-52(64)41-14-11-35(25-44(41)61-46-24-34-15-19-55-51(34)57-53(46)71-48-16-23-69-31-47(48)61)59-21-17-54(18-22-59)28-36(29-54)60-20-3-6-43(60)40-5-2-1-4-39(40)32-7-8-32/h1-2,4-5,11,14-15,19,24-27,32-33,36-37,42-43,47-48,56,63H,3,6-10,12-13,16-18,20-23,28-31H2,(H,55,57)(H,58,64)/t33?,37?,42-,43-,47+,48-/m0/s1. The van der Waals surface area contributed by atoms with E-state index in [1.54, 1.807) is 17.2 Å². The van der Waals surface area contributed by atoms with Crippen LogP contribution in [0.25, 0.3) is 11.0 Å². The maximum absolute atomic E-state index is 14.8. The highest BCUT2D eigenvalue weighted by Crippen LogP contribution is 2.56. The number of amides is 1. The van der Waals surface area contributed by atoms with Crippen LogP contribution < -0.4 is 29.3 Å². The molecule has 3 aliphatic carbocycles. The minimum absolute atomic E-state index is 0.0154. The summed E-state index contributed by atoms with van der Waals surface area (Å²) in [6.07, 6.45) is 14.1. The molecule has 8 aliphatic rings. The van der Waals surface area contributed by atoms with Crippen molar-refractivity contribution >= 4 is 55.4 Å². The predicted molar refractivity (Wildman–Crippen MR) is 271 cm³/mol. The summed E-state index contributed by atoms with van der Waals surface area (Å²) >= 11 is 0. The van der Waals surface area contributed by atoms with Gasteiger partial charge in [0.15, 0.2) is 11.4 Å². The van der Waals surface area contributed by atoms with Gasteiger partial charge in [0.25, 0.3) is 21.6 Å². The van der Waals surface area contributed by atoms with Gasteiger partial charge in [-0.3, -0.25) is 19.8 Å². The number of nitrogens with zero attached hydrogens (tertiary/aromatic N) is 5. The van der Waals surface area contributed by atoms with Crippen molar-refractivity contribution in [2.45, 2.75) is 131 Å². The van der Waals surface area contributed by atoms with Gasteiger partial charge in [0.2, 0.25) is 5.88 Å². The van der Waals surface area contributed by atoms with Crippen molar-refractivity contribution in [3.8, 4) is 11.6 Å². The van der Waals surface area contributed by atoms with Crippen LogP contribution in [0.3, 0.4) is 0 Å². The zero-order valence-electron chi connectivity index (χ0n) is 40.3. The number of aromatic nitrogens is 2. The fraction of sp³-hybridized carbons (Fsp3) is 0.519. The van der Waals surface area contributed by atoms with Crippen LogP contribution in [0.4, 0.5) is 28.4 Å². The van der Waals surface area contributed by atoms with E-state index in [1.807, 2.05) is 35.4 Å². The summed E-state index contributed by atoms with van der Waals surface area (Å²) in [4.78, 5) is 41.5. The smallest absolute Gasteiger partial charge is 0.297 e. The first-order valence-corrected chi connectivity index (χ1v) is 27.7. The van der Waals surface area contributed by atoms with Gasteiger partial charge in [-0.25, -0.2) is 13.1 Å². The number of nitro benzene ring substituents is 1. The highest BCUT2D eigenvalue weighted by atomic mass is 32.2. The number of fused-ring (bicyclic) bond motifs is 4. The summed E-state index contributed by atoms with van der Waals surface area (Å²) in [7, 11) is -4.70. The molecule has 5 aromatic rings. The van der Waals surface area contributed by atoms with E-state index in [1.165, 1.54) is 44.6 Å². The number of rotatable bonds is 10. The molecule has 378 valence electrons. The Kier molecular flexibility index (Phi) is 11.4. The molecule has 18 heteroatoms. The quantitative estimate of drug-likeness (QED) is 0.0766. The summed E-state index contributed by atoms with van der Waals surface area (Å²) in [6, 6.07) is 21.3. The Morgan fingerprint density at radius 1 is 0.903 bits per heavy atom. The van der Waals surface area contributed by atoms with Gasteiger partial charge in [0, 0.05) is 61.0 Å². The molecule has 4 N–H and O–H groups in total. The van der Waals surface area contributed by atoms with Gasteiger partial charge in [-0.15, -0.1) is 0 Å². The summed E-state index contributed by atoms with van der Waals surface area (Å²) in [6.45, 7) is 3.81. The van der Waals surface area contributed by atoms with E-state index in [0.29, 0.717) is 72.9 Å². The Morgan fingerprint density at radius 3 is 2.50 bits per heavy atom. The molecule has 0 unspecified atom stereocenters. The largest absolute Gasteiger partial charge is 0.489 e. The first kappa shape index (κ1) is 45.9. The number of ether oxygens (including phenoxy) is 3. The highest BCUT2D eigenvalue weighted by Gasteiger charge is 2.51. The van der Waals surface area contributed by atoms with Crippen LogP contribution in [0.2, 0.25) is 0 Å². The average molecular weight is 999 g/mol. The van der Waals surface area contributed by atoms with E-state index in [9.17, 15) is 28.4 Å². The maximum Gasteiger partial charge on any atom is 0.297 e. The van der Waals surface area contributed by atoms with E-state index in [-0.39, 0.29) is 53.8 Å².